The van der Waals surface area contributed by atoms with Crippen LogP contribution in [0.2, 0.25) is 0 Å². The van der Waals surface area contributed by atoms with Crippen molar-refractivity contribution >= 4 is 40.2 Å². The maximum absolute atomic E-state index is 11.6. The molecule has 1 aromatic heterocycles. The highest BCUT2D eigenvalue weighted by Gasteiger charge is 2.33. The van der Waals surface area contributed by atoms with Crippen LogP contribution in [-0.4, -0.2) is 13.0 Å². The van der Waals surface area contributed by atoms with Crippen LogP contribution in [0.4, 0.5) is 11.6 Å². The number of para-hydroxylation sites is 2. The number of rotatable bonds is 2. The fourth-order valence-electron chi connectivity index (χ4n) is 2.99. The highest BCUT2D eigenvalue weighted by molar-refractivity contribution is 8.00. The lowest BCUT2D eigenvalue weighted by molar-refractivity contribution is -0.114. The number of furan rings is 1. The molecular formula is C18H16N2O2S. The van der Waals surface area contributed by atoms with Gasteiger partial charge in [0.2, 0.25) is 11.8 Å². The Bertz CT molecular complexity index is 903. The molecule has 1 amide bonds. The van der Waals surface area contributed by atoms with Gasteiger partial charge in [0.1, 0.15) is 11.0 Å². The van der Waals surface area contributed by atoms with E-state index in [4.69, 9.17) is 4.42 Å². The average Bonchev–Trinajstić information content (AvgIpc) is 3.04. The van der Waals surface area contributed by atoms with Gasteiger partial charge in [0, 0.05) is 24.3 Å². The summed E-state index contributed by atoms with van der Waals surface area (Å²) in [4.78, 5) is 15.0. The van der Waals surface area contributed by atoms with Crippen molar-refractivity contribution in [3.05, 3.63) is 54.1 Å². The van der Waals surface area contributed by atoms with Gasteiger partial charge in [-0.25, -0.2) is 0 Å². The van der Waals surface area contributed by atoms with Crippen LogP contribution in [0.15, 0.2) is 57.8 Å². The van der Waals surface area contributed by atoms with Gasteiger partial charge in [-0.1, -0.05) is 42.1 Å². The summed E-state index contributed by atoms with van der Waals surface area (Å²) in [5.74, 6) is 0.407. The summed E-state index contributed by atoms with van der Waals surface area (Å²) in [6.45, 7) is 1.50. The molecule has 1 atom stereocenters. The van der Waals surface area contributed by atoms with E-state index in [0.717, 1.165) is 16.5 Å². The second kappa shape index (κ2) is 5.35. The van der Waals surface area contributed by atoms with E-state index in [9.17, 15) is 4.79 Å². The first-order chi connectivity index (χ1) is 11.1. The number of fused-ring (bicyclic) bond motifs is 2. The minimum atomic E-state index is -0.131. The molecule has 0 spiro atoms. The molecule has 3 aromatic rings. The first kappa shape index (κ1) is 14.2. The van der Waals surface area contributed by atoms with Gasteiger partial charge in [-0.3, -0.25) is 10.1 Å². The Kier molecular flexibility index (Phi) is 3.31. The number of carbonyl (C=O) groups excluding carboxylic acids is 1. The highest BCUT2D eigenvalue weighted by Crippen LogP contribution is 2.53. The normalized spacial score (nSPS) is 16.6. The summed E-state index contributed by atoms with van der Waals surface area (Å²) in [5.41, 5.74) is 3.00. The summed E-state index contributed by atoms with van der Waals surface area (Å²) in [6.07, 6.45) is 0. The van der Waals surface area contributed by atoms with Crippen LogP contribution in [0.1, 0.15) is 17.9 Å². The van der Waals surface area contributed by atoms with E-state index >= 15 is 0 Å². The average molecular weight is 324 g/mol. The number of nitrogens with zero attached hydrogens (tertiary/aromatic N) is 1. The Balaban J connectivity index is 1.87. The fourth-order valence-corrected chi connectivity index (χ4v) is 4.34. The summed E-state index contributed by atoms with van der Waals surface area (Å²) >= 11 is 1.77. The number of carbonyl (C=O) groups is 1. The lowest BCUT2D eigenvalue weighted by atomic mass is 10.1. The van der Waals surface area contributed by atoms with Crippen molar-refractivity contribution in [1.82, 2.24) is 0 Å². The number of anilines is 2. The maximum Gasteiger partial charge on any atom is 0.223 e. The third-order valence-electron chi connectivity index (χ3n) is 4.01. The van der Waals surface area contributed by atoms with Crippen LogP contribution in [0, 0.1) is 0 Å². The highest BCUT2D eigenvalue weighted by atomic mass is 32.2. The number of hydrogen-bond acceptors (Lipinski definition) is 4. The van der Waals surface area contributed by atoms with Gasteiger partial charge in [0.15, 0.2) is 0 Å². The smallest absolute Gasteiger partial charge is 0.223 e. The molecule has 0 saturated carbocycles. The molecule has 23 heavy (non-hydrogen) atoms. The molecule has 4 nitrogen and oxygen atoms in total. The van der Waals surface area contributed by atoms with E-state index in [1.165, 1.54) is 17.5 Å². The van der Waals surface area contributed by atoms with Crippen LogP contribution in [0.5, 0.6) is 0 Å². The predicted molar refractivity (Wildman–Crippen MR) is 94.0 cm³/mol. The second-order valence-electron chi connectivity index (χ2n) is 5.57. The van der Waals surface area contributed by atoms with Crippen LogP contribution in [0.25, 0.3) is 11.0 Å². The van der Waals surface area contributed by atoms with Gasteiger partial charge in [-0.15, -0.1) is 0 Å². The Hall–Kier alpha value is -2.40. The molecule has 0 fully saturated rings. The van der Waals surface area contributed by atoms with Gasteiger partial charge in [-0.2, -0.15) is 0 Å². The standard InChI is InChI=1S/C18H16N2O2S/c1-11(21)19-17-16(12-7-3-5-9-14(12)22-17)18-20(2)13-8-4-6-10-15(13)23-18/h3-10,18H,1-2H3,(H,19,21). The molecule has 1 N–H and O–H groups in total. The Labute approximate surface area is 138 Å². The lowest BCUT2D eigenvalue weighted by Gasteiger charge is -2.21. The first-order valence-electron chi connectivity index (χ1n) is 7.42. The Morgan fingerprint density at radius 3 is 2.70 bits per heavy atom. The van der Waals surface area contributed by atoms with Crippen molar-refractivity contribution in [2.24, 2.45) is 0 Å². The summed E-state index contributed by atoms with van der Waals surface area (Å²) in [6, 6.07) is 16.2. The Morgan fingerprint density at radius 2 is 1.91 bits per heavy atom. The minimum Gasteiger partial charge on any atom is -0.440 e. The van der Waals surface area contributed by atoms with Crippen LogP contribution in [-0.2, 0) is 4.79 Å². The van der Waals surface area contributed by atoms with Crippen molar-refractivity contribution in [2.45, 2.75) is 17.2 Å². The number of benzene rings is 2. The van der Waals surface area contributed by atoms with E-state index in [1.54, 1.807) is 11.8 Å². The van der Waals surface area contributed by atoms with Gasteiger partial charge >= 0.3 is 0 Å². The van der Waals surface area contributed by atoms with Gasteiger partial charge in [0.25, 0.3) is 0 Å². The fraction of sp³-hybridized carbons (Fsp3) is 0.167. The Morgan fingerprint density at radius 1 is 1.17 bits per heavy atom. The number of amides is 1. The predicted octanol–water partition coefficient (Wildman–Crippen LogP) is 4.63. The van der Waals surface area contributed by atoms with Crippen molar-refractivity contribution in [3.8, 4) is 0 Å². The summed E-state index contributed by atoms with van der Waals surface area (Å²) in [7, 11) is 2.07. The van der Waals surface area contributed by atoms with Crippen molar-refractivity contribution in [1.29, 1.82) is 0 Å². The number of hydrogen-bond donors (Lipinski definition) is 1. The SMILES string of the molecule is CC(=O)Nc1oc2ccccc2c1C1Sc2ccccc2N1C. The van der Waals surface area contributed by atoms with E-state index in [0.29, 0.717) is 5.88 Å². The molecule has 1 unspecified atom stereocenters. The van der Waals surface area contributed by atoms with Gasteiger partial charge in [0.05, 0.1) is 11.3 Å². The van der Waals surface area contributed by atoms with E-state index < -0.39 is 0 Å². The van der Waals surface area contributed by atoms with Gasteiger partial charge < -0.3 is 9.32 Å². The molecule has 4 rings (SSSR count). The molecule has 1 aliphatic heterocycles. The first-order valence-corrected chi connectivity index (χ1v) is 8.30. The molecule has 0 radical (unpaired) electrons. The second-order valence-corrected chi connectivity index (χ2v) is 6.69. The van der Waals surface area contributed by atoms with E-state index in [1.807, 2.05) is 36.4 Å². The zero-order valence-corrected chi connectivity index (χ0v) is 13.7. The third kappa shape index (κ3) is 2.28. The molecule has 1 aliphatic rings. The quantitative estimate of drug-likeness (QED) is 0.746. The topological polar surface area (TPSA) is 45.5 Å². The molecule has 2 aromatic carbocycles. The molecule has 5 heteroatoms. The number of nitrogens with one attached hydrogen (secondary N) is 1. The minimum absolute atomic E-state index is 0.0675. The zero-order chi connectivity index (χ0) is 16.0. The van der Waals surface area contributed by atoms with E-state index in [2.05, 4.69) is 29.4 Å². The molecular weight excluding hydrogens is 308 g/mol. The van der Waals surface area contributed by atoms with E-state index in [-0.39, 0.29) is 11.3 Å². The molecule has 0 saturated heterocycles. The van der Waals surface area contributed by atoms with Crippen LogP contribution < -0.4 is 10.2 Å². The maximum atomic E-state index is 11.6. The molecule has 0 bridgehead atoms. The molecule has 116 valence electrons. The van der Waals surface area contributed by atoms with Crippen LogP contribution in [0.3, 0.4) is 0 Å². The third-order valence-corrected chi connectivity index (χ3v) is 5.38. The molecule has 2 heterocycles. The summed E-state index contributed by atoms with van der Waals surface area (Å²) < 4.78 is 5.90. The number of thioether (sulfide) groups is 1. The largest absolute Gasteiger partial charge is 0.440 e. The zero-order valence-electron chi connectivity index (χ0n) is 12.9. The van der Waals surface area contributed by atoms with Crippen LogP contribution >= 0.6 is 11.8 Å². The summed E-state index contributed by atoms with van der Waals surface area (Å²) in [5, 5.41) is 3.94. The lowest BCUT2D eigenvalue weighted by Crippen LogP contribution is -2.18. The monoisotopic (exact) mass is 324 g/mol. The molecule has 0 aliphatic carbocycles. The van der Waals surface area contributed by atoms with Crippen molar-refractivity contribution < 1.29 is 9.21 Å². The van der Waals surface area contributed by atoms with Crippen molar-refractivity contribution in [3.63, 3.8) is 0 Å². The van der Waals surface area contributed by atoms with Gasteiger partial charge in [-0.05, 0) is 18.2 Å². The van der Waals surface area contributed by atoms with Crippen molar-refractivity contribution in [2.75, 3.05) is 17.3 Å².